The fraction of sp³-hybridized carbons (Fsp3) is 0.400. The van der Waals surface area contributed by atoms with Crippen LogP contribution in [-0.2, 0) is 0 Å². The highest BCUT2D eigenvalue weighted by Gasteiger charge is 2.22. The molecule has 25 heavy (non-hydrogen) atoms. The molecule has 132 valence electrons. The van der Waals surface area contributed by atoms with Gasteiger partial charge in [-0.3, -0.25) is 4.90 Å². The van der Waals surface area contributed by atoms with Crippen molar-refractivity contribution in [1.29, 1.82) is 0 Å². The third kappa shape index (κ3) is 3.57. The number of aliphatic hydroxyl groups excluding tert-OH is 1. The molecule has 0 aliphatic carbocycles. The van der Waals surface area contributed by atoms with Crippen molar-refractivity contribution in [3.63, 3.8) is 0 Å². The maximum absolute atomic E-state index is 10.6. The molecule has 2 heterocycles. The molecular weight excluding hydrogens is 316 g/mol. The van der Waals surface area contributed by atoms with Crippen LogP contribution in [0, 0.1) is 6.92 Å². The largest absolute Gasteiger partial charge is 0.454 e. The summed E-state index contributed by atoms with van der Waals surface area (Å²) in [4.78, 5) is 4.73. The van der Waals surface area contributed by atoms with Gasteiger partial charge in [0.05, 0.1) is 6.10 Å². The maximum Gasteiger partial charge on any atom is 0.231 e. The molecule has 1 atom stereocenters. The molecular formula is C20H24N2O3. The molecule has 0 radical (unpaired) electrons. The van der Waals surface area contributed by atoms with E-state index in [0.717, 1.165) is 43.2 Å². The highest BCUT2D eigenvalue weighted by Crippen LogP contribution is 2.34. The minimum atomic E-state index is -0.514. The normalized spacial score (nSPS) is 18.4. The van der Waals surface area contributed by atoms with Crippen LogP contribution >= 0.6 is 0 Å². The van der Waals surface area contributed by atoms with Gasteiger partial charge in [-0.2, -0.15) is 0 Å². The molecule has 0 unspecified atom stereocenters. The Morgan fingerprint density at radius 1 is 1.00 bits per heavy atom. The number of benzene rings is 2. The Balaban J connectivity index is 1.34. The predicted octanol–water partition coefficient (Wildman–Crippen LogP) is 2.58. The number of nitrogens with zero attached hydrogens (tertiary/aromatic N) is 2. The number of ether oxygens (including phenoxy) is 2. The monoisotopic (exact) mass is 340 g/mol. The SMILES string of the molecule is Cc1cccc(N2CCN(C[C@H](O)c3ccc4c(c3)OCO4)CC2)c1. The quantitative estimate of drug-likeness (QED) is 0.927. The van der Waals surface area contributed by atoms with E-state index in [1.54, 1.807) is 0 Å². The summed E-state index contributed by atoms with van der Waals surface area (Å²) >= 11 is 0. The van der Waals surface area contributed by atoms with Crippen molar-refractivity contribution in [2.24, 2.45) is 0 Å². The van der Waals surface area contributed by atoms with Gasteiger partial charge in [0.15, 0.2) is 11.5 Å². The van der Waals surface area contributed by atoms with Crippen LogP contribution in [0.25, 0.3) is 0 Å². The van der Waals surface area contributed by atoms with Crippen LogP contribution in [0.15, 0.2) is 42.5 Å². The molecule has 0 spiro atoms. The van der Waals surface area contributed by atoms with Crippen LogP contribution in [-0.4, -0.2) is 49.5 Å². The topological polar surface area (TPSA) is 45.2 Å². The lowest BCUT2D eigenvalue weighted by Gasteiger charge is -2.37. The summed E-state index contributed by atoms with van der Waals surface area (Å²) in [5, 5.41) is 10.6. The summed E-state index contributed by atoms with van der Waals surface area (Å²) in [6, 6.07) is 14.3. The average molecular weight is 340 g/mol. The zero-order valence-corrected chi connectivity index (χ0v) is 14.5. The first-order valence-corrected chi connectivity index (χ1v) is 8.80. The first kappa shape index (κ1) is 16.2. The lowest BCUT2D eigenvalue weighted by molar-refractivity contribution is 0.109. The molecule has 0 bridgehead atoms. The van der Waals surface area contributed by atoms with Gasteiger partial charge >= 0.3 is 0 Å². The van der Waals surface area contributed by atoms with Crippen LogP contribution < -0.4 is 14.4 Å². The Hall–Kier alpha value is -2.24. The summed E-state index contributed by atoms with van der Waals surface area (Å²) in [5.74, 6) is 1.48. The molecule has 5 heteroatoms. The van der Waals surface area contributed by atoms with Crippen molar-refractivity contribution >= 4 is 5.69 Å². The van der Waals surface area contributed by atoms with E-state index in [-0.39, 0.29) is 6.79 Å². The predicted molar refractivity (Wildman–Crippen MR) is 97.4 cm³/mol. The minimum Gasteiger partial charge on any atom is -0.454 e. The van der Waals surface area contributed by atoms with Crippen LogP contribution in [0.2, 0.25) is 0 Å². The molecule has 0 amide bonds. The highest BCUT2D eigenvalue weighted by molar-refractivity contribution is 5.49. The van der Waals surface area contributed by atoms with Crippen molar-refractivity contribution < 1.29 is 14.6 Å². The molecule has 2 aromatic rings. The van der Waals surface area contributed by atoms with Crippen molar-refractivity contribution in [3.05, 3.63) is 53.6 Å². The second-order valence-corrected chi connectivity index (χ2v) is 6.76. The van der Waals surface area contributed by atoms with E-state index in [0.29, 0.717) is 6.54 Å². The number of anilines is 1. The molecule has 2 aromatic carbocycles. The molecule has 0 saturated carbocycles. The molecule has 5 nitrogen and oxygen atoms in total. The summed E-state index contributed by atoms with van der Waals surface area (Å²) in [6.07, 6.45) is -0.514. The molecule has 1 fully saturated rings. The lowest BCUT2D eigenvalue weighted by Crippen LogP contribution is -2.47. The number of fused-ring (bicyclic) bond motifs is 1. The van der Waals surface area contributed by atoms with Crippen LogP contribution in [0.5, 0.6) is 11.5 Å². The number of hydrogen-bond acceptors (Lipinski definition) is 5. The van der Waals surface area contributed by atoms with Crippen molar-refractivity contribution in [2.75, 3.05) is 44.4 Å². The Kier molecular flexibility index (Phi) is 4.51. The van der Waals surface area contributed by atoms with Gasteiger partial charge in [-0.1, -0.05) is 18.2 Å². The summed E-state index contributed by atoms with van der Waals surface area (Å²) < 4.78 is 10.7. The van der Waals surface area contributed by atoms with Crippen LogP contribution in [0.1, 0.15) is 17.2 Å². The van der Waals surface area contributed by atoms with E-state index < -0.39 is 6.10 Å². The van der Waals surface area contributed by atoms with Crippen LogP contribution in [0.3, 0.4) is 0 Å². The Labute approximate surface area is 148 Å². The van der Waals surface area contributed by atoms with Gasteiger partial charge in [0.2, 0.25) is 6.79 Å². The number of β-amino-alcohol motifs (C(OH)–C–C–N with tert-alkyl or cyclic N) is 1. The fourth-order valence-corrected chi connectivity index (χ4v) is 3.48. The van der Waals surface area contributed by atoms with Gasteiger partial charge in [0.25, 0.3) is 0 Å². The fourth-order valence-electron chi connectivity index (χ4n) is 3.48. The van der Waals surface area contributed by atoms with E-state index >= 15 is 0 Å². The first-order chi connectivity index (χ1) is 12.2. The highest BCUT2D eigenvalue weighted by atomic mass is 16.7. The van der Waals surface area contributed by atoms with E-state index in [2.05, 4.69) is 41.0 Å². The summed E-state index contributed by atoms with van der Waals surface area (Å²) in [7, 11) is 0. The first-order valence-electron chi connectivity index (χ1n) is 8.80. The van der Waals surface area contributed by atoms with Crippen LogP contribution in [0.4, 0.5) is 5.69 Å². The van der Waals surface area contributed by atoms with Gasteiger partial charge in [0, 0.05) is 38.4 Å². The second kappa shape index (κ2) is 6.94. The minimum absolute atomic E-state index is 0.260. The number of aliphatic hydroxyl groups is 1. The smallest absolute Gasteiger partial charge is 0.231 e. The van der Waals surface area contributed by atoms with E-state index in [4.69, 9.17) is 9.47 Å². The van der Waals surface area contributed by atoms with Gasteiger partial charge in [-0.15, -0.1) is 0 Å². The number of aryl methyl sites for hydroxylation is 1. The zero-order valence-electron chi connectivity index (χ0n) is 14.5. The molecule has 2 aliphatic rings. The van der Waals surface area contributed by atoms with Crippen molar-refractivity contribution in [2.45, 2.75) is 13.0 Å². The van der Waals surface area contributed by atoms with Gasteiger partial charge in [-0.05, 0) is 42.3 Å². The Bertz CT molecular complexity index is 741. The van der Waals surface area contributed by atoms with Gasteiger partial charge < -0.3 is 19.5 Å². The Morgan fingerprint density at radius 2 is 1.80 bits per heavy atom. The number of hydrogen-bond donors (Lipinski definition) is 1. The van der Waals surface area contributed by atoms with Crippen molar-refractivity contribution in [3.8, 4) is 11.5 Å². The van der Waals surface area contributed by atoms with Gasteiger partial charge in [0.1, 0.15) is 0 Å². The van der Waals surface area contributed by atoms with E-state index in [1.165, 1.54) is 11.3 Å². The molecule has 0 aromatic heterocycles. The second-order valence-electron chi connectivity index (χ2n) is 6.76. The number of rotatable bonds is 4. The average Bonchev–Trinajstić information content (AvgIpc) is 3.10. The standard InChI is InChI=1S/C20H24N2O3/c1-15-3-2-4-17(11-15)22-9-7-21(8-10-22)13-18(23)16-5-6-19-20(12-16)25-14-24-19/h2-6,11-12,18,23H,7-10,13-14H2,1H3/t18-/m0/s1. The zero-order chi connectivity index (χ0) is 17.2. The number of piperazine rings is 1. The summed E-state index contributed by atoms with van der Waals surface area (Å²) in [5.41, 5.74) is 3.46. The van der Waals surface area contributed by atoms with Crippen molar-refractivity contribution in [1.82, 2.24) is 4.90 Å². The summed E-state index contributed by atoms with van der Waals surface area (Å²) in [6.45, 7) is 6.90. The molecule has 4 rings (SSSR count). The van der Waals surface area contributed by atoms with E-state index in [9.17, 15) is 5.11 Å². The third-order valence-electron chi connectivity index (χ3n) is 4.95. The molecule has 1 saturated heterocycles. The van der Waals surface area contributed by atoms with E-state index in [1.807, 2.05) is 18.2 Å². The molecule has 1 N–H and O–H groups in total. The lowest BCUT2D eigenvalue weighted by atomic mass is 10.1. The molecule has 2 aliphatic heterocycles. The Morgan fingerprint density at radius 3 is 2.60 bits per heavy atom. The van der Waals surface area contributed by atoms with Gasteiger partial charge in [-0.25, -0.2) is 0 Å². The third-order valence-corrected chi connectivity index (χ3v) is 4.95. The maximum atomic E-state index is 10.6.